The number of anilines is 1. The summed E-state index contributed by atoms with van der Waals surface area (Å²) >= 11 is 1.58. The number of ether oxygens (including phenoxy) is 1. The van der Waals surface area contributed by atoms with E-state index in [0.717, 1.165) is 16.5 Å². The Morgan fingerprint density at radius 1 is 1.60 bits per heavy atom. The summed E-state index contributed by atoms with van der Waals surface area (Å²) in [7, 11) is 2.05. The maximum Gasteiger partial charge on any atom is 0.359 e. The predicted octanol–water partition coefficient (Wildman–Crippen LogP) is 2.13. The second-order valence-corrected chi connectivity index (χ2v) is 5.81. The molecule has 0 bridgehead atoms. The van der Waals surface area contributed by atoms with Crippen molar-refractivity contribution >= 4 is 22.4 Å². The highest BCUT2D eigenvalue weighted by Crippen LogP contribution is 2.31. The largest absolute Gasteiger partial charge is 0.454 e. The third kappa shape index (κ3) is 2.82. The van der Waals surface area contributed by atoms with Crippen LogP contribution in [0.25, 0.3) is 0 Å². The number of carbonyl (C=O) groups excluding carboxylic acids is 1. The van der Waals surface area contributed by atoms with Gasteiger partial charge in [-0.15, -0.1) is 11.3 Å². The van der Waals surface area contributed by atoms with Crippen molar-refractivity contribution in [3.63, 3.8) is 0 Å². The Bertz CT molecular complexity index is 617. The number of aromatic amines is 1. The molecule has 20 heavy (non-hydrogen) atoms. The van der Waals surface area contributed by atoms with Gasteiger partial charge in [0.25, 0.3) is 0 Å². The lowest BCUT2D eigenvalue weighted by Crippen LogP contribution is -2.19. The number of rotatable bonds is 5. The highest BCUT2D eigenvalue weighted by molar-refractivity contribution is 7.13. The molecule has 0 unspecified atom stereocenters. The molecule has 1 aliphatic rings. The van der Waals surface area contributed by atoms with E-state index in [1.54, 1.807) is 17.4 Å². The Morgan fingerprint density at radius 3 is 3.05 bits per heavy atom. The van der Waals surface area contributed by atoms with Crippen LogP contribution in [0.2, 0.25) is 0 Å². The molecule has 7 heteroatoms. The van der Waals surface area contributed by atoms with Gasteiger partial charge in [0.05, 0.1) is 5.69 Å². The van der Waals surface area contributed by atoms with E-state index in [-0.39, 0.29) is 6.61 Å². The molecule has 3 rings (SSSR count). The average molecular weight is 292 g/mol. The van der Waals surface area contributed by atoms with E-state index in [1.165, 1.54) is 12.8 Å². The second kappa shape index (κ2) is 5.24. The lowest BCUT2D eigenvalue weighted by Gasteiger charge is -2.13. The summed E-state index contributed by atoms with van der Waals surface area (Å²) in [4.78, 5) is 18.4. The van der Waals surface area contributed by atoms with Crippen LogP contribution in [0.15, 0.2) is 11.4 Å². The number of hydrogen-bond acceptors (Lipinski definition) is 6. The molecule has 1 N–H and O–H groups in total. The van der Waals surface area contributed by atoms with Crippen molar-refractivity contribution in [1.82, 2.24) is 15.2 Å². The smallest absolute Gasteiger partial charge is 0.359 e. The molecular weight excluding hydrogens is 276 g/mol. The highest BCUT2D eigenvalue weighted by atomic mass is 32.1. The molecule has 0 spiro atoms. The number of nitrogens with one attached hydrogen (secondary N) is 1. The van der Waals surface area contributed by atoms with Crippen LogP contribution in [0.3, 0.4) is 0 Å². The minimum Gasteiger partial charge on any atom is -0.454 e. The first-order valence-electron chi connectivity index (χ1n) is 6.50. The van der Waals surface area contributed by atoms with E-state index in [2.05, 4.69) is 27.1 Å². The Labute approximate surface area is 120 Å². The Morgan fingerprint density at radius 2 is 2.40 bits per heavy atom. The summed E-state index contributed by atoms with van der Waals surface area (Å²) in [6, 6.07) is 2.29. The lowest BCUT2D eigenvalue weighted by atomic mass is 10.4. The van der Waals surface area contributed by atoms with Crippen molar-refractivity contribution in [2.75, 3.05) is 11.9 Å². The monoisotopic (exact) mass is 292 g/mol. The van der Waals surface area contributed by atoms with Crippen LogP contribution in [-0.4, -0.2) is 34.2 Å². The molecule has 0 atom stereocenters. The number of carbonyl (C=O) groups is 1. The summed E-state index contributed by atoms with van der Waals surface area (Å²) in [5.41, 5.74) is 1.91. The molecule has 0 saturated heterocycles. The quantitative estimate of drug-likeness (QED) is 0.855. The maximum atomic E-state index is 11.8. The maximum absolute atomic E-state index is 11.8. The molecule has 0 amide bonds. The number of thiazole rings is 1. The van der Waals surface area contributed by atoms with Gasteiger partial charge in [-0.2, -0.15) is 5.10 Å². The van der Waals surface area contributed by atoms with Crippen molar-refractivity contribution < 1.29 is 9.53 Å². The van der Waals surface area contributed by atoms with Crippen LogP contribution >= 0.6 is 11.3 Å². The van der Waals surface area contributed by atoms with E-state index in [0.29, 0.717) is 11.7 Å². The van der Waals surface area contributed by atoms with Crippen LogP contribution in [0.5, 0.6) is 0 Å². The third-order valence-corrected chi connectivity index (χ3v) is 4.18. The van der Waals surface area contributed by atoms with Gasteiger partial charge in [-0.25, -0.2) is 9.78 Å². The minimum absolute atomic E-state index is 0.180. The fourth-order valence-electron chi connectivity index (χ4n) is 1.88. The van der Waals surface area contributed by atoms with E-state index in [4.69, 9.17) is 4.74 Å². The summed E-state index contributed by atoms with van der Waals surface area (Å²) in [6.07, 6.45) is 2.47. The number of H-pyrrole nitrogens is 1. The van der Waals surface area contributed by atoms with E-state index < -0.39 is 5.97 Å². The third-order valence-electron chi connectivity index (χ3n) is 3.20. The van der Waals surface area contributed by atoms with Crippen LogP contribution in [0, 0.1) is 6.92 Å². The lowest BCUT2D eigenvalue weighted by molar-refractivity contribution is 0.0461. The molecule has 0 radical (unpaired) electrons. The fraction of sp³-hybridized carbons (Fsp3) is 0.462. The number of esters is 1. The zero-order chi connectivity index (χ0) is 14.1. The summed E-state index contributed by atoms with van der Waals surface area (Å²) < 4.78 is 5.20. The molecule has 2 aromatic rings. The van der Waals surface area contributed by atoms with Crippen LogP contribution < -0.4 is 4.90 Å². The van der Waals surface area contributed by atoms with Crippen LogP contribution in [0.1, 0.15) is 34.7 Å². The first kappa shape index (κ1) is 13.1. The fourth-order valence-corrected chi connectivity index (χ4v) is 2.73. The van der Waals surface area contributed by atoms with Crippen LogP contribution in [-0.2, 0) is 11.3 Å². The Hall–Kier alpha value is -1.89. The van der Waals surface area contributed by atoms with Gasteiger partial charge in [-0.05, 0) is 25.8 Å². The number of aromatic nitrogens is 3. The summed E-state index contributed by atoms with van der Waals surface area (Å²) in [5, 5.41) is 9.49. The zero-order valence-electron chi connectivity index (χ0n) is 11.4. The number of aryl methyl sites for hydroxylation is 1. The first-order valence-corrected chi connectivity index (χ1v) is 7.38. The molecule has 106 valence electrons. The first-order chi connectivity index (χ1) is 9.63. The van der Waals surface area contributed by atoms with E-state index in [1.807, 2.05) is 12.3 Å². The molecule has 1 saturated carbocycles. The molecule has 0 aliphatic heterocycles. The number of nitrogens with zero attached hydrogens (tertiary/aromatic N) is 3. The summed E-state index contributed by atoms with van der Waals surface area (Å²) in [5.74, 6) is -0.431. The second-order valence-electron chi connectivity index (χ2n) is 4.98. The average Bonchev–Trinajstić information content (AvgIpc) is 3.02. The van der Waals surface area contributed by atoms with Crippen molar-refractivity contribution in [3.8, 4) is 0 Å². The van der Waals surface area contributed by atoms with E-state index >= 15 is 0 Å². The standard InChI is InChI=1S/C13H16N4O2S/c1-8-5-11(16-15-8)12(18)19-6-9-7-20-13(14-9)17(2)10-3-4-10/h5,7,10H,3-4,6H2,1-2H3,(H,15,16). The van der Waals surface area contributed by atoms with Gasteiger partial charge < -0.3 is 9.64 Å². The van der Waals surface area contributed by atoms with Crippen molar-refractivity contribution in [1.29, 1.82) is 0 Å². The number of hydrogen-bond donors (Lipinski definition) is 1. The molecule has 6 nitrogen and oxygen atoms in total. The highest BCUT2D eigenvalue weighted by Gasteiger charge is 2.28. The molecular formula is C13H16N4O2S. The summed E-state index contributed by atoms with van der Waals surface area (Å²) in [6.45, 7) is 2.02. The van der Waals surface area contributed by atoms with Crippen LogP contribution in [0.4, 0.5) is 5.13 Å². The minimum atomic E-state index is -0.431. The van der Waals surface area contributed by atoms with Gasteiger partial charge in [0, 0.05) is 24.2 Å². The predicted molar refractivity (Wildman–Crippen MR) is 76.0 cm³/mol. The Balaban J connectivity index is 1.57. The van der Waals surface area contributed by atoms with Crippen molar-refractivity contribution in [2.24, 2.45) is 0 Å². The molecule has 2 heterocycles. The van der Waals surface area contributed by atoms with Gasteiger partial charge >= 0.3 is 5.97 Å². The van der Waals surface area contributed by atoms with E-state index in [9.17, 15) is 4.79 Å². The van der Waals surface area contributed by atoms with Gasteiger partial charge in [0.15, 0.2) is 10.8 Å². The van der Waals surface area contributed by atoms with Gasteiger partial charge in [-0.1, -0.05) is 0 Å². The van der Waals surface area contributed by atoms with Crippen molar-refractivity contribution in [3.05, 3.63) is 28.5 Å². The molecule has 2 aromatic heterocycles. The molecule has 0 aromatic carbocycles. The van der Waals surface area contributed by atoms with Gasteiger partial charge in [-0.3, -0.25) is 5.10 Å². The van der Waals surface area contributed by atoms with Gasteiger partial charge in [0.2, 0.25) is 0 Å². The topological polar surface area (TPSA) is 71.1 Å². The zero-order valence-corrected chi connectivity index (χ0v) is 12.2. The molecule has 1 aliphatic carbocycles. The Kier molecular flexibility index (Phi) is 3.43. The normalized spacial score (nSPS) is 14.3. The van der Waals surface area contributed by atoms with Gasteiger partial charge in [0.1, 0.15) is 6.61 Å². The SMILES string of the molecule is Cc1cc(C(=O)OCc2csc(N(C)C3CC3)n2)n[nH]1. The molecule has 1 fully saturated rings. The van der Waals surface area contributed by atoms with Crippen molar-refractivity contribution in [2.45, 2.75) is 32.4 Å².